The third-order valence-electron chi connectivity index (χ3n) is 3.41. The highest BCUT2D eigenvalue weighted by Gasteiger charge is 2.29. The maximum Gasteiger partial charge on any atom is 0.325 e. The van der Waals surface area contributed by atoms with Gasteiger partial charge in [0.25, 0.3) is 0 Å². The first kappa shape index (κ1) is 13.1. The molecule has 1 atom stereocenters. The number of carboxylic acids is 1. The number of hydrogen-bond donors (Lipinski definition) is 1. The van der Waals surface area contributed by atoms with E-state index in [1.54, 1.807) is 6.20 Å². The van der Waals surface area contributed by atoms with Crippen LogP contribution in [0.25, 0.3) is 0 Å². The topological polar surface area (TPSA) is 58.4 Å². The van der Waals surface area contributed by atoms with Gasteiger partial charge in [-0.1, -0.05) is 13.3 Å². The van der Waals surface area contributed by atoms with Crippen LogP contribution in [-0.4, -0.2) is 38.8 Å². The number of aryl methyl sites for hydroxylation is 1. The fourth-order valence-corrected chi connectivity index (χ4v) is 2.56. The van der Waals surface area contributed by atoms with Crippen molar-refractivity contribution in [3.05, 3.63) is 18.0 Å². The Hall–Kier alpha value is -1.36. The number of aliphatic carboxylic acids is 1. The van der Waals surface area contributed by atoms with Crippen LogP contribution in [0.1, 0.15) is 44.2 Å². The highest BCUT2D eigenvalue weighted by Crippen LogP contribution is 2.24. The average Bonchev–Trinajstić information content (AvgIpc) is 2.79. The van der Waals surface area contributed by atoms with Crippen LogP contribution in [-0.2, 0) is 11.3 Å². The van der Waals surface area contributed by atoms with Gasteiger partial charge in [0.05, 0.1) is 6.20 Å². The molecule has 0 aromatic carbocycles. The van der Waals surface area contributed by atoms with Gasteiger partial charge in [-0.25, -0.2) is 0 Å². The second-order valence-corrected chi connectivity index (χ2v) is 4.87. The predicted molar refractivity (Wildman–Crippen MR) is 68.3 cm³/mol. The largest absolute Gasteiger partial charge is 0.480 e. The van der Waals surface area contributed by atoms with E-state index in [9.17, 15) is 9.90 Å². The number of rotatable bonds is 5. The van der Waals surface area contributed by atoms with Crippen LogP contribution in [0.5, 0.6) is 0 Å². The highest BCUT2D eigenvalue weighted by molar-refractivity contribution is 5.75. The summed E-state index contributed by atoms with van der Waals surface area (Å²) in [7, 11) is 0. The van der Waals surface area contributed by atoms with E-state index >= 15 is 0 Å². The molecule has 1 aromatic heterocycles. The first-order valence-electron chi connectivity index (χ1n) is 6.71. The second kappa shape index (κ2) is 6.00. The van der Waals surface area contributed by atoms with Gasteiger partial charge < -0.3 is 5.11 Å². The van der Waals surface area contributed by atoms with Crippen molar-refractivity contribution >= 4 is 5.97 Å². The molecular formula is C13H21N3O2. The Morgan fingerprint density at radius 1 is 1.44 bits per heavy atom. The van der Waals surface area contributed by atoms with E-state index in [4.69, 9.17) is 0 Å². The third-order valence-corrected chi connectivity index (χ3v) is 3.41. The molecule has 1 aliphatic heterocycles. The van der Waals surface area contributed by atoms with E-state index in [0.717, 1.165) is 44.5 Å². The van der Waals surface area contributed by atoms with Crippen LogP contribution in [0.3, 0.4) is 0 Å². The molecule has 1 aromatic rings. The van der Waals surface area contributed by atoms with Crippen molar-refractivity contribution in [2.75, 3.05) is 13.1 Å². The summed E-state index contributed by atoms with van der Waals surface area (Å²) in [6, 6.07) is -0.532. The Morgan fingerprint density at radius 3 is 2.78 bits per heavy atom. The van der Waals surface area contributed by atoms with Crippen molar-refractivity contribution in [1.82, 2.24) is 14.7 Å². The fourth-order valence-electron chi connectivity index (χ4n) is 2.56. The summed E-state index contributed by atoms with van der Waals surface area (Å²) < 4.78 is 1.83. The van der Waals surface area contributed by atoms with Crippen molar-refractivity contribution in [3.63, 3.8) is 0 Å². The standard InChI is InChI=1S/C13H21N3O2/c1-2-6-16-10-11(9-14-16)12(13(17)18)15-7-4-3-5-8-15/h9-10,12H,2-8H2,1H3,(H,17,18). The molecule has 0 amide bonds. The molecule has 0 radical (unpaired) electrons. The van der Waals surface area contributed by atoms with Gasteiger partial charge in [-0.2, -0.15) is 5.10 Å². The van der Waals surface area contributed by atoms with Gasteiger partial charge >= 0.3 is 5.97 Å². The summed E-state index contributed by atoms with van der Waals surface area (Å²) in [5.41, 5.74) is 0.804. The number of carbonyl (C=O) groups is 1. The Bertz CT molecular complexity index is 397. The molecule has 0 saturated carbocycles. The smallest absolute Gasteiger partial charge is 0.325 e. The Balaban J connectivity index is 2.14. The summed E-state index contributed by atoms with van der Waals surface area (Å²) in [6.07, 6.45) is 7.96. The van der Waals surface area contributed by atoms with E-state index in [0.29, 0.717) is 0 Å². The maximum atomic E-state index is 11.5. The van der Waals surface area contributed by atoms with Crippen molar-refractivity contribution in [2.45, 2.75) is 45.2 Å². The van der Waals surface area contributed by atoms with Crippen LogP contribution in [0, 0.1) is 0 Å². The van der Waals surface area contributed by atoms with E-state index in [2.05, 4.69) is 16.9 Å². The van der Waals surface area contributed by atoms with Gasteiger partial charge in [0.15, 0.2) is 0 Å². The normalized spacial score (nSPS) is 18.7. The molecule has 1 saturated heterocycles. The number of aromatic nitrogens is 2. The second-order valence-electron chi connectivity index (χ2n) is 4.87. The van der Waals surface area contributed by atoms with Crippen LogP contribution < -0.4 is 0 Å². The van der Waals surface area contributed by atoms with Crippen LogP contribution in [0.4, 0.5) is 0 Å². The SMILES string of the molecule is CCCn1cc(C(C(=O)O)N2CCCCC2)cn1. The molecule has 2 heterocycles. The number of piperidine rings is 1. The van der Waals surface area contributed by atoms with E-state index in [1.165, 1.54) is 6.42 Å². The first-order chi connectivity index (χ1) is 8.72. The molecule has 0 bridgehead atoms. The summed E-state index contributed by atoms with van der Waals surface area (Å²) in [5, 5.41) is 13.7. The molecule has 18 heavy (non-hydrogen) atoms. The average molecular weight is 251 g/mol. The molecule has 1 aliphatic rings. The van der Waals surface area contributed by atoms with Gasteiger partial charge in [0.2, 0.25) is 0 Å². The molecule has 100 valence electrons. The number of nitrogens with zero attached hydrogens (tertiary/aromatic N) is 3. The number of hydrogen-bond acceptors (Lipinski definition) is 3. The van der Waals surface area contributed by atoms with Gasteiger partial charge in [0.1, 0.15) is 6.04 Å². The molecule has 1 N–H and O–H groups in total. The summed E-state index contributed by atoms with van der Waals surface area (Å²) in [6.45, 7) is 4.67. The molecule has 0 aliphatic carbocycles. The lowest BCUT2D eigenvalue weighted by atomic mass is 10.0. The van der Waals surface area contributed by atoms with Gasteiger partial charge in [-0.05, 0) is 32.4 Å². The first-order valence-corrected chi connectivity index (χ1v) is 6.71. The highest BCUT2D eigenvalue weighted by atomic mass is 16.4. The zero-order chi connectivity index (χ0) is 13.0. The predicted octanol–water partition coefficient (Wildman–Crippen LogP) is 1.90. The minimum atomic E-state index is -0.770. The van der Waals surface area contributed by atoms with E-state index in [-0.39, 0.29) is 0 Å². The lowest BCUT2D eigenvalue weighted by molar-refractivity contribution is -0.144. The Labute approximate surface area is 107 Å². The van der Waals surface area contributed by atoms with Crippen LogP contribution >= 0.6 is 0 Å². The minimum Gasteiger partial charge on any atom is -0.480 e. The quantitative estimate of drug-likeness (QED) is 0.868. The Morgan fingerprint density at radius 2 is 2.17 bits per heavy atom. The zero-order valence-electron chi connectivity index (χ0n) is 10.9. The summed E-state index contributed by atoms with van der Waals surface area (Å²) in [5.74, 6) is -0.770. The van der Waals surface area contributed by atoms with Gasteiger partial charge in [0, 0.05) is 18.3 Å². The van der Waals surface area contributed by atoms with Crippen molar-refractivity contribution in [2.24, 2.45) is 0 Å². The fraction of sp³-hybridized carbons (Fsp3) is 0.692. The van der Waals surface area contributed by atoms with Crippen molar-refractivity contribution in [3.8, 4) is 0 Å². The minimum absolute atomic E-state index is 0.532. The van der Waals surface area contributed by atoms with Crippen LogP contribution in [0.2, 0.25) is 0 Å². The number of likely N-dealkylation sites (tertiary alicyclic amines) is 1. The molecule has 2 rings (SSSR count). The van der Waals surface area contributed by atoms with Gasteiger partial charge in [-0.3, -0.25) is 14.4 Å². The van der Waals surface area contributed by atoms with Gasteiger partial charge in [-0.15, -0.1) is 0 Å². The Kier molecular flexibility index (Phi) is 4.36. The lowest BCUT2D eigenvalue weighted by Crippen LogP contribution is -2.37. The third kappa shape index (κ3) is 2.90. The summed E-state index contributed by atoms with van der Waals surface area (Å²) >= 11 is 0. The zero-order valence-corrected chi connectivity index (χ0v) is 10.9. The molecule has 1 fully saturated rings. The molecule has 1 unspecified atom stereocenters. The van der Waals surface area contributed by atoms with E-state index < -0.39 is 12.0 Å². The molecular weight excluding hydrogens is 230 g/mol. The maximum absolute atomic E-state index is 11.5. The summed E-state index contributed by atoms with van der Waals surface area (Å²) in [4.78, 5) is 13.5. The monoisotopic (exact) mass is 251 g/mol. The van der Waals surface area contributed by atoms with Crippen molar-refractivity contribution in [1.29, 1.82) is 0 Å². The molecule has 5 heteroatoms. The lowest BCUT2D eigenvalue weighted by Gasteiger charge is -2.31. The molecule has 5 nitrogen and oxygen atoms in total. The molecule has 0 spiro atoms. The van der Waals surface area contributed by atoms with Crippen molar-refractivity contribution < 1.29 is 9.90 Å². The van der Waals surface area contributed by atoms with Crippen LogP contribution in [0.15, 0.2) is 12.4 Å². The number of carboxylic acid groups (broad SMARTS) is 1. The van der Waals surface area contributed by atoms with E-state index in [1.807, 2.05) is 10.9 Å².